The lowest BCUT2D eigenvalue weighted by atomic mass is 9.98. The molecule has 0 heterocycles. The second-order valence-electron chi connectivity index (χ2n) is 4.93. The molecule has 6 heteroatoms. The van der Waals surface area contributed by atoms with Gasteiger partial charge in [-0.15, -0.1) is 0 Å². The van der Waals surface area contributed by atoms with Gasteiger partial charge in [0.2, 0.25) is 5.91 Å². The summed E-state index contributed by atoms with van der Waals surface area (Å²) < 4.78 is 0. The average Bonchev–Trinajstić information content (AvgIpc) is 2.52. The van der Waals surface area contributed by atoms with Crippen molar-refractivity contribution in [3.63, 3.8) is 0 Å². The molecule has 0 saturated heterocycles. The number of carbonyl (C=O) groups excluding carboxylic acids is 2. The fourth-order valence-electron chi connectivity index (χ4n) is 2.12. The molecular formula is C17H14ClNO4. The monoisotopic (exact) mass is 331 g/mol. The van der Waals surface area contributed by atoms with Gasteiger partial charge in [-0.05, 0) is 35.9 Å². The number of aliphatic carboxylic acids is 1. The largest absolute Gasteiger partial charge is 0.479 e. The van der Waals surface area contributed by atoms with E-state index in [9.17, 15) is 19.5 Å². The lowest BCUT2D eigenvalue weighted by Crippen LogP contribution is -2.32. The first kappa shape index (κ1) is 16.7. The Morgan fingerprint density at radius 3 is 2.26 bits per heavy atom. The van der Waals surface area contributed by atoms with Gasteiger partial charge in [0.15, 0.2) is 11.8 Å². The molecule has 0 bridgehead atoms. The molecule has 23 heavy (non-hydrogen) atoms. The Hall–Kier alpha value is -2.66. The highest BCUT2D eigenvalue weighted by Gasteiger charge is 2.21. The Morgan fingerprint density at radius 1 is 1.04 bits per heavy atom. The van der Waals surface area contributed by atoms with Crippen molar-refractivity contribution in [1.29, 1.82) is 0 Å². The van der Waals surface area contributed by atoms with Crippen LogP contribution < -0.4 is 5.32 Å². The van der Waals surface area contributed by atoms with E-state index in [-0.39, 0.29) is 5.78 Å². The summed E-state index contributed by atoms with van der Waals surface area (Å²) in [7, 11) is 0. The number of carbonyl (C=O) groups is 3. The zero-order valence-electron chi connectivity index (χ0n) is 12.2. The summed E-state index contributed by atoms with van der Waals surface area (Å²) >= 11 is 5.80. The minimum Gasteiger partial charge on any atom is -0.479 e. The molecule has 1 unspecified atom stereocenters. The number of halogens is 1. The fourth-order valence-corrected chi connectivity index (χ4v) is 2.24. The van der Waals surface area contributed by atoms with Crippen LogP contribution in [0, 0.1) is 0 Å². The molecule has 0 radical (unpaired) electrons. The maximum Gasteiger partial charge on any atom is 0.330 e. The predicted octanol–water partition coefficient (Wildman–Crippen LogP) is 2.83. The molecule has 0 saturated carbocycles. The molecule has 1 atom stereocenters. The van der Waals surface area contributed by atoms with Crippen LogP contribution in [0.4, 0.5) is 0 Å². The quantitative estimate of drug-likeness (QED) is 0.825. The third-order valence-corrected chi connectivity index (χ3v) is 3.44. The van der Waals surface area contributed by atoms with Crippen LogP contribution >= 0.6 is 11.6 Å². The summed E-state index contributed by atoms with van der Waals surface area (Å²) in [4.78, 5) is 34.9. The Kier molecular flexibility index (Phi) is 5.13. The van der Waals surface area contributed by atoms with E-state index in [2.05, 4.69) is 5.32 Å². The van der Waals surface area contributed by atoms with E-state index in [1.807, 2.05) is 0 Å². The molecule has 2 aromatic carbocycles. The lowest BCUT2D eigenvalue weighted by Gasteiger charge is -2.14. The van der Waals surface area contributed by atoms with Crippen molar-refractivity contribution in [3.05, 3.63) is 70.2 Å². The number of nitrogens with one attached hydrogen (secondary N) is 1. The van der Waals surface area contributed by atoms with Gasteiger partial charge in [-0.1, -0.05) is 29.8 Å². The Bertz CT molecular complexity index is 755. The van der Waals surface area contributed by atoms with E-state index in [0.29, 0.717) is 21.7 Å². The first-order chi connectivity index (χ1) is 10.9. The molecule has 0 aliphatic heterocycles. The minimum absolute atomic E-state index is 0.254. The van der Waals surface area contributed by atoms with Crippen LogP contribution in [-0.2, 0) is 9.59 Å². The predicted molar refractivity (Wildman–Crippen MR) is 85.5 cm³/mol. The molecule has 2 N–H and O–H groups in total. The molecule has 0 aliphatic rings. The van der Waals surface area contributed by atoms with Crippen LogP contribution in [0.15, 0.2) is 48.5 Å². The first-order valence-corrected chi connectivity index (χ1v) is 7.16. The highest BCUT2D eigenvalue weighted by Crippen LogP contribution is 2.19. The summed E-state index contributed by atoms with van der Waals surface area (Å²) in [5.74, 6) is -1.92. The van der Waals surface area contributed by atoms with Gasteiger partial charge >= 0.3 is 5.97 Å². The van der Waals surface area contributed by atoms with E-state index in [0.717, 1.165) is 0 Å². The topological polar surface area (TPSA) is 83.5 Å². The fraction of sp³-hybridized carbons (Fsp3) is 0.118. The number of rotatable bonds is 5. The number of hydrogen-bond acceptors (Lipinski definition) is 3. The molecule has 0 fully saturated rings. The zero-order chi connectivity index (χ0) is 17.0. The van der Waals surface area contributed by atoms with Crippen LogP contribution in [0.2, 0.25) is 5.02 Å². The summed E-state index contributed by atoms with van der Waals surface area (Å²) in [6.07, 6.45) is 0. The average molecular weight is 332 g/mol. The van der Waals surface area contributed by atoms with Gasteiger partial charge in [-0.3, -0.25) is 9.59 Å². The normalized spacial score (nSPS) is 11.6. The van der Waals surface area contributed by atoms with E-state index < -0.39 is 17.9 Å². The third kappa shape index (κ3) is 4.17. The number of ketones is 1. The highest BCUT2D eigenvalue weighted by molar-refractivity contribution is 6.30. The molecule has 5 nitrogen and oxygen atoms in total. The maximum absolute atomic E-state index is 12.4. The summed E-state index contributed by atoms with van der Waals surface area (Å²) in [5, 5.41) is 12.1. The summed E-state index contributed by atoms with van der Waals surface area (Å²) in [6, 6.07) is 11.4. The third-order valence-electron chi connectivity index (χ3n) is 3.18. The number of carboxylic acids is 1. The van der Waals surface area contributed by atoms with Crippen molar-refractivity contribution in [2.45, 2.75) is 13.0 Å². The van der Waals surface area contributed by atoms with E-state index in [1.54, 1.807) is 42.5 Å². The Balaban J connectivity index is 2.35. The smallest absolute Gasteiger partial charge is 0.330 e. The summed E-state index contributed by atoms with van der Waals surface area (Å²) in [5.41, 5.74) is 1.10. The molecule has 0 aromatic heterocycles. The van der Waals surface area contributed by atoms with Gasteiger partial charge in [0.05, 0.1) is 0 Å². The molecule has 1 amide bonds. The summed E-state index contributed by atoms with van der Waals surface area (Å²) in [6.45, 7) is 1.23. The second kappa shape index (κ2) is 7.07. The molecule has 118 valence electrons. The van der Waals surface area contributed by atoms with Crippen LogP contribution in [0.25, 0.3) is 0 Å². The van der Waals surface area contributed by atoms with Crippen LogP contribution in [0.1, 0.15) is 34.5 Å². The lowest BCUT2D eigenvalue weighted by molar-refractivity contribution is -0.141. The molecular weight excluding hydrogens is 318 g/mol. The SMILES string of the molecule is CC(=O)NC(C(=O)O)c1cccc(C(=O)c2ccc(Cl)cc2)c1. The number of hydrogen-bond donors (Lipinski definition) is 2. The van der Waals surface area contributed by atoms with Crippen LogP contribution in [-0.4, -0.2) is 22.8 Å². The van der Waals surface area contributed by atoms with Gasteiger partial charge in [0.1, 0.15) is 0 Å². The van der Waals surface area contributed by atoms with Gasteiger partial charge in [-0.25, -0.2) is 4.79 Å². The van der Waals surface area contributed by atoms with Gasteiger partial charge in [0, 0.05) is 23.1 Å². The van der Waals surface area contributed by atoms with Crippen molar-refractivity contribution in [1.82, 2.24) is 5.32 Å². The molecule has 0 spiro atoms. The van der Waals surface area contributed by atoms with Gasteiger partial charge in [0.25, 0.3) is 0 Å². The zero-order valence-corrected chi connectivity index (χ0v) is 13.0. The minimum atomic E-state index is -1.20. The van der Waals surface area contributed by atoms with Gasteiger partial charge < -0.3 is 10.4 Å². The van der Waals surface area contributed by atoms with Gasteiger partial charge in [-0.2, -0.15) is 0 Å². The van der Waals surface area contributed by atoms with Crippen LogP contribution in [0.3, 0.4) is 0 Å². The number of amides is 1. The molecule has 2 rings (SSSR count). The van der Waals surface area contributed by atoms with Crippen molar-refractivity contribution < 1.29 is 19.5 Å². The van der Waals surface area contributed by atoms with Crippen LogP contribution in [0.5, 0.6) is 0 Å². The van der Waals surface area contributed by atoms with Crippen molar-refractivity contribution in [3.8, 4) is 0 Å². The van der Waals surface area contributed by atoms with Crippen molar-refractivity contribution in [2.24, 2.45) is 0 Å². The highest BCUT2D eigenvalue weighted by atomic mass is 35.5. The van der Waals surface area contributed by atoms with Crippen molar-refractivity contribution >= 4 is 29.3 Å². The molecule has 0 aliphatic carbocycles. The Labute approximate surface area is 137 Å². The standard InChI is InChI=1S/C17H14ClNO4/c1-10(20)19-15(17(22)23)12-3-2-4-13(9-12)16(21)11-5-7-14(18)8-6-11/h2-9,15H,1H3,(H,19,20)(H,22,23). The van der Waals surface area contributed by atoms with E-state index >= 15 is 0 Å². The maximum atomic E-state index is 12.4. The van der Waals surface area contributed by atoms with E-state index in [1.165, 1.54) is 13.0 Å². The number of carboxylic acid groups (broad SMARTS) is 1. The number of benzene rings is 2. The van der Waals surface area contributed by atoms with E-state index in [4.69, 9.17) is 11.6 Å². The van der Waals surface area contributed by atoms with Crippen molar-refractivity contribution in [2.75, 3.05) is 0 Å². The molecule has 2 aromatic rings. The Morgan fingerprint density at radius 2 is 1.70 bits per heavy atom. The first-order valence-electron chi connectivity index (χ1n) is 6.78. The second-order valence-corrected chi connectivity index (χ2v) is 5.37.